The minimum atomic E-state index is 0.315. The topological polar surface area (TPSA) is 44.7 Å². The molecule has 0 amide bonds. The molecule has 2 aliphatic heterocycles. The molecule has 4 rings (SSSR count). The van der Waals surface area contributed by atoms with Gasteiger partial charge in [0.2, 0.25) is 0 Å². The second-order valence-electron chi connectivity index (χ2n) is 7.05. The van der Waals surface area contributed by atoms with Crippen LogP contribution in [0.1, 0.15) is 18.5 Å². The SMILES string of the molecule is CC(c1ccccc1Cl)N1CCN(c2cc(N3CCOCC3)ncn2)CC1. The molecule has 0 bridgehead atoms. The van der Waals surface area contributed by atoms with Gasteiger partial charge >= 0.3 is 0 Å². The zero-order valence-electron chi connectivity index (χ0n) is 15.7. The Bertz CT molecular complexity index is 760. The van der Waals surface area contributed by atoms with Crippen molar-refractivity contribution in [2.45, 2.75) is 13.0 Å². The molecule has 0 N–H and O–H groups in total. The average molecular weight is 388 g/mol. The number of benzene rings is 1. The molecule has 1 unspecified atom stereocenters. The van der Waals surface area contributed by atoms with E-state index in [0.717, 1.165) is 69.1 Å². The third kappa shape index (κ3) is 4.18. The van der Waals surface area contributed by atoms with Crippen molar-refractivity contribution >= 4 is 23.2 Å². The standard InChI is InChI=1S/C20H26ClN5O/c1-16(17-4-2-3-5-18(17)21)24-6-8-25(9-7-24)19-14-20(23-15-22-19)26-10-12-27-13-11-26/h2-5,14-16H,6-13H2,1H3. The van der Waals surface area contributed by atoms with Crippen LogP contribution in [0.4, 0.5) is 11.6 Å². The van der Waals surface area contributed by atoms with Gasteiger partial charge in [-0.2, -0.15) is 0 Å². The van der Waals surface area contributed by atoms with Crippen molar-refractivity contribution < 1.29 is 4.74 Å². The quantitative estimate of drug-likeness (QED) is 0.803. The number of halogens is 1. The Kier molecular flexibility index (Phi) is 5.76. The number of aromatic nitrogens is 2. The van der Waals surface area contributed by atoms with Gasteiger partial charge in [0.15, 0.2) is 0 Å². The first kappa shape index (κ1) is 18.5. The fraction of sp³-hybridized carbons (Fsp3) is 0.500. The highest BCUT2D eigenvalue weighted by molar-refractivity contribution is 6.31. The van der Waals surface area contributed by atoms with Crippen LogP contribution in [0.5, 0.6) is 0 Å². The van der Waals surface area contributed by atoms with Gasteiger partial charge in [-0.15, -0.1) is 0 Å². The van der Waals surface area contributed by atoms with Gasteiger partial charge < -0.3 is 14.5 Å². The second kappa shape index (κ2) is 8.42. The van der Waals surface area contributed by atoms with E-state index in [2.05, 4.69) is 49.8 Å². The van der Waals surface area contributed by atoms with Crippen LogP contribution >= 0.6 is 11.6 Å². The molecule has 0 aliphatic carbocycles. The molecular formula is C20H26ClN5O. The van der Waals surface area contributed by atoms with Crippen molar-refractivity contribution in [2.75, 3.05) is 62.3 Å². The van der Waals surface area contributed by atoms with Crippen LogP contribution in [0.3, 0.4) is 0 Å². The molecule has 0 saturated carbocycles. The van der Waals surface area contributed by atoms with Gasteiger partial charge in [-0.1, -0.05) is 29.8 Å². The summed E-state index contributed by atoms with van der Waals surface area (Å²) in [6, 6.07) is 10.6. The largest absolute Gasteiger partial charge is 0.378 e. The van der Waals surface area contributed by atoms with Gasteiger partial charge in [0.1, 0.15) is 18.0 Å². The van der Waals surface area contributed by atoms with E-state index in [4.69, 9.17) is 16.3 Å². The number of nitrogens with zero attached hydrogens (tertiary/aromatic N) is 5. The third-order valence-corrected chi connectivity index (χ3v) is 5.86. The fourth-order valence-corrected chi connectivity index (χ4v) is 4.12. The Morgan fingerprint density at radius 3 is 2.22 bits per heavy atom. The molecule has 3 heterocycles. The molecule has 6 nitrogen and oxygen atoms in total. The van der Waals surface area contributed by atoms with E-state index >= 15 is 0 Å². The van der Waals surface area contributed by atoms with Crippen molar-refractivity contribution in [1.82, 2.24) is 14.9 Å². The zero-order chi connectivity index (χ0) is 18.6. The Labute approximate surface area is 165 Å². The van der Waals surface area contributed by atoms with Crippen LogP contribution in [-0.4, -0.2) is 67.4 Å². The molecule has 1 aromatic carbocycles. The molecule has 7 heteroatoms. The molecule has 0 radical (unpaired) electrons. The maximum absolute atomic E-state index is 6.39. The number of hydrogen-bond acceptors (Lipinski definition) is 6. The molecule has 144 valence electrons. The first-order valence-corrected chi connectivity index (χ1v) is 9.98. The van der Waals surface area contributed by atoms with Gasteiger partial charge in [0.05, 0.1) is 13.2 Å². The monoisotopic (exact) mass is 387 g/mol. The second-order valence-corrected chi connectivity index (χ2v) is 7.46. The summed E-state index contributed by atoms with van der Waals surface area (Å²) in [6.45, 7) is 9.42. The highest BCUT2D eigenvalue weighted by Crippen LogP contribution is 2.28. The van der Waals surface area contributed by atoms with Gasteiger partial charge in [0.25, 0.3) is 0 Å². The first-order valence-electron chi connectivity index (χ1n) is 9.60. The van der Waals surface area contributed by atoms with Crippen molar-refractivity contribution in [3.8, 4) is 0 Å². The fourth-order valence-electron chi connectivity index (χ4n) is 3.82. The normalized spacial score (nSPS) is 19.9. The number of ether oxygens (including phenoxy) is 1. The van der Waals surface area contributed by atoms with Gasteiger partial charge in [-0.25, -0.2) is 9.97 Å². The number of rotatable bonds is 4. The lowest BCUT2D eigenvalue weighted by molar-refractivity contribution is 0.122. The van der Waals surface area contributed by atoms with Crippen molar-refractivity contribution in [1.29, 1.82) is 0 Å². The molecule has 2 aromatic rings. The van der Waals surface area contributed by atoms with Crippen molar-refractivity contribution in [3.63, 3.8) is 0 Å². The summed E-state index contributed by atoms with van der Waals surface area (Å²) in [4.78, 5) is 16.1. The van der Waals surface area contributed by atoms with Crippen molar-refractivity contribution in [3.05, 3.63) is 47.2 Å². The van der Waals surface area contributed by atoms with Crippen LogP contribution in [-0.2, 0) is 4.74 Å². The number of anilines is 2. The van der Waals surface area contributed by atoms with E-state index in [-0.39, 0.29) is 0 Å². The summed E-state index contributed by atoms with van der Waals surface area (Å²) < 4.78 is 5.44. The van der Waals surface area contributed by atoms with E-state index in [9.17, 15) is 0 Å². The van der Waals surface area contributed by atoms with Crippen LogP contribution in [0, 0.1) is 0 Å². The van der Waals surface area contributed by atoms with Crippen LogP contribution in [0.15, 0.2) is 36.7 Å². The van der Waals surface area contributed by atoms with E-state index in [1.165, 1.54) is 5.56 Å². The molecule has 0 spiro atoms. The number of morpholine rings is 1. The molecule has 27 heavy (non-hydrogen) atoms. The van der Waals surface area contributed by atoms with Crippen LogP contribution in [0.2, 0.25) is 5.02 Å². The summed E-state index contributed by atoms with van der Waals surface area (Å²) in [6.07, 6.45) is 1.68. The lowest BCUT2D eigenvalue weighted by Crippen LogP contribution is -2.47. The lowest BCUT2D eigenvalue weighted by Gasteiger charge is -2.39. The minimum Gasteiger partial charge on any atom is -0.378 e. The van der Waals surface area contributed by atoms with Crippen LogP contribution < -0.4 is 9.80 Å². The summed E-state index contributed by atoms with van der Waals surface area (Å²) in [7, 11) is 0. The zero-order valence-corrected chi connectivity index (χ0v) is 16.5. The highest BCUT2D eigenvalue weighted by atomic mass is 35.5. The predicted molar refractivity (Wildman–Crippen MR) is 109 cm³/mol. The summed E-state index contributed by atoms with van der Waals surface area (Å²) in [5, 5.41) is 0.846. The van der Waals surface area contributed by atoms with Gasteiger partial charge in [0, 0.05) is 56.4 Å². The van der Waals surface area contributed by atoms with E-state index in [0.29, 0.717) is 6.04 Å². The molecule has 2 aliphatic rings. The maximum Gasteiger partial charge on any atom is 0.134 e. The predicted octanol–water partition coefficient (Wildman–Crippen LogP) is 2.85. The Hall–Kier alpha value is -1.89. The summed E-state index contributed by atoms with van der Waals surface area (Å²) >= 11 is 6.39. The van der Waals surface area contributed by atoms with E-state index in [1.807, 2.05) is 12.1 Å². The van der Waals surface area contributed by atoms with E-state index < -0.39 is 0 Å². The summed E-state index contributed by atoms with van der Waals surface area (Å²) in [5.41, 5.74) is 1.20. The number of piperazine rings is 1. The molecule has 2 saturated heterocycles. The van der Waals surface area contributed by atoms with Crippen molar-refractivity contribution in [2.24, 2.45) is 0 Å². The Morgan fingerprint density at radius 2 is 1.56 bits per heavy atom. The molecular weight excluding hydrogens is 362 g/mol. The first-order chi connectivity index (χ1) is 13.2. The van der Waals surface area contributed by atoms with E-state index in [1.54, 1.807) is 6.33 Å². The molecule has 1 atom stereocenters. The Morgan fingerprint density at radius 1 is 0.926 bits per heavy atom. The van der Waals surface area contributed by atoms with Crippen LogP contribution in [0.25, 0.3) is 0 Å². The van der Waals surface area contributed by atoms with Gasteiger partial charge in [-0.05, 0) is 18.6 Å². The van der Waals surface area contributed by atoms with Gasteiger partial charge in [-0.3, -0.25) is 4.90 Å². The smallest absolute Gasteiger partial charge is 0.134 e. The minimum absolute atomic E-state index is 0.315. The third-order valence-electron chi connectivity index (χ3n) is 5.51. The molecule has 2 fully saturated rings. The molecule has 1 aromatic heterocycles. The average Bonchev–Trinajstić information content (AvgIpc) is 2.74. The summed E-state index contributed by atoms with van der Waals surface area (Å²) in [5.74, 6) is 2.01. The highest BCUT2D eigenvalue weighted by Gasteiger charge is 2.24. The Balaban J connectivity index is 1.40. The maximum atomic E-state index is 6.39. The lowest BCUT2D eigenvalue weighted by atomic mass is 10.1. The number of hydrogen-bond donors (Lipinski definition) is 0.